The lowest BCUT2D eigenvalue weighted by Gasteiger charge is -2.22. The molecule has 48 heavy (non-hydrogen) atoms. The predicted molar refractivity (Wildman–Crippen MR) is 168 cm³/mol. The van der Waals surface area contributed by atoms with Crippen LogP contribution in [0.5, 0.6) is 0 Å². The van der Waals surface area contributed by atoms with Crippen LogP contribution in [0.1, 0.15) is 35.9 Å². The van der Waals surface area contributed by atoms with Crippen molar-refractivity contribution in [3.63, 3.8) is 0 Å². The van der Waals surface area contributed by atoms with Gasteiger partial charge in [-0.05, 0) is 24.0 Å². The lowest BCUT2D eigenvalue weighted by molar-refractivity contribution is -0.200. The molecule has 0 radical (unpaired) electrons. The summed E-state index contributed by atoms with van der Waals surface area (Å²) in [6, 6.07) is 18.1. The normalized spacial score (nSPS) is 22.7. The van der Waals surface area contributed by atoms with Crippen molar-refractivity contribution in [2.75, 3.05) is 36.5 Å². The quantitative estimate of drug-likeness (QED) is 0.156. The number of fused-ring (bicyclic) bond motifs is 1. The number of nitrogens with two attached hydrogens (primary N) is 1. The highest BCUT2D eigenvalue weighted by Crippen LogP contribution is 2.35. The van der Waals surface area contributed by atoms with E-state index in [1.54, 1.807) is 4.57 Å². The Kier molecular flexibility index (Phi) is 9.48. The number of nitrogens with one attached hydrogen (secondary N) is 2. The van der Waals surface area contributed by atoms with E-state index in [1.165, 1.54) is 6.33 Å². The van der Waals surface area contributed by atoms with Gasteiger partial charge in [-0.15, -0.1) is 0 Å². The van der Waals surface area contributed by atoms with Crippen molar-refractivity contribution >= 4 is 34.8 Å². The molecule has 1 aliphatic heterocycles. The number of carbonyl (C=O) groups excluding carboxylic acids is 2. The molecule has 1 saturated heterocycles. The van der Waals surface area contributed by atoms with Crippen LogP contribution < -0.4 is 21.3 Å². The molecule has 254 valence electrons. The molecule has 1 aliphatic carbocycles. The molecule has 13 nitrogen and oxygen atoms in total. The number of amides is 1. The van der Waals surface area contributed by atoms with Gasteiger partial charge in [0.05, 0.1) is 18.4 Å². The van der Waals surface area contributed by atoms with Gasteiger partial charge in [-0.25, -0.2) is 9.78 Å². The van der Waals surface area contributed by atoms with E-state index in [-0.39, 0.29) is 18.4 Å². The molecule has 6 rings (SSSR count). The minimum Gasteiger partial charge on any atom is -0.449 e. The molecule has 1 amide bonds. The van der Waals surface area contributed by atoms with E-state index in [2.05, 4.69) is 44.6 Å². The monoisotopic (exact) mass is 668 g/mol. The largest absolute Gasteiger partial charge is 0.490 e. The Morgan fingerprint density at radius 1 is 1.02 bits per heavy atom. The Bertz CT molecular complexity index is 1700. The first-order chi connectivity index (χ1) is 23.0. The third-order valence-electron chi connectivity index (χ3n) is 8.72. The number of carbonyl (C=O) groups is 2. The molecule has 2 fully saturated rings. The summed E-state index contributed by atoms with van der Waals surface area (Å²) < 4.78 is 43.0. The maximum Gasteiger partial charge on any atom is 0.490 e. The molecule has 0 unspecified atom stereocenters. The van der Waals surface area contributed by atoms with Gasteiger partial charge in [0.25, 0.3) is 5.91 Å². The molecule has 5 atom stereocenters. The first kappa shape index (κ1) is 33.1. The highest BCUT2D eigenvalue weighted by Gasteiger charge is 2.45. The molecule has 0 spiro atoms. The summed E-state index contributed by atoms with van der Waals surface area (Å²) >= 11 is 0. The standard InChI is InChI=1S/C32H35F3N8O5/c33-32(34,35)30(47)48-16-24(44)39-22-13-23(27(46)26(22)45)43-17-38-25-28(40-31(41-29(25)43)42-12-11-20(36)15-42)37-14-21(18-7-3-1-4-8-18)19-9-5-2-6-10-19/h1-10,17,20-23,26-27,45-46H,11-16,36H2,(H,39,44)(H,37,40,41)/t20-,22+,23-,26-,27+/m1/s1. The second-order valence-corrected chi connectivity index (χ2v) is 12.0. The molecule has 0 bridgehead atoms. The van der Waals surface area contributed by atoms with E-state index in [1.807, 2.05) is 41.3 Å². The van der Waals surface area contributed by atoms with Crippen LogP contribution in [-0.4, -0.2) is 98.3 Å². The molecule has 3 heterocycles. The lowest BCUT2D eigenvalue weighted by Crippen LogP contribution is -2.45. The Hall–Kier alpha value is -4.80. The van der Waals surface area contributed by atoms with Crippen LogP contribution >= 0.6 is 0 Å². The van der Waals surface area contributed by atoms with Crippen LogP contribution in [0.3, 0.4) is 0 Å². The minimum absolute atomic E-state index is 0.0203. The zero-order valence-corrected chi connectivity index (χ0v) is 25.6. The average molecular weight is 669 g/mol. The van der Waals surface area contributed by atoms with E-state index in [0.717, 1.165) is 17.5 Å². The van der Waals surface area contributed by atoms with E-state index >= 15 is 0 Å². The smallest absolute Gasteiger partial charge is 0.449 e. The summed E-state index contributed by atoms with van der Waals surface area (Å²) in [6.45, 7) is 0.429. The Labute approximate surface area is 272 Å². The van der Waals surface area contributed by atoms with E-state index < -0.39 is 49.0 Å². The van der Waals surface area contributed by atoms with Gasteiger partial charge < -0.3 is 40.8 Å². The highest BCUT2D eigenvalue weighted by molar-refractivity contribution is 5.85. The van der Waals surface area contributed by atoms with Crippen LogP contribution in [-0.2, 0) is 14.3 Å². The molecule has 16 heteroatoms. The van der Waals surface area contributed by atoms with Gasteiger partial charge in [0.15, 0.2) is 23.6 Å². The molecule has 2 aromatic heterocycles. The highest BCUT2D eigenvalue weighted by atomic mass is 19.4. The number of benzene rings is 2. The third-order valence-corrected chi connectivity index (χ3v) is 8.72. The van der Waals surface area contributed by atoms with Crippen molar-refractivity contribution in [2.24, 2.45) is 5.73 Å². The van der Waals surface area contributed by atoms with E-state index in [4.69, 9.17) is 15.7 Å². The molecule has 2 aliphatic rings. The second-order valence-electron chi connectivity index (χ2n) is 12.0. The Morgan fingerprint density at radius 3 is 2.29 bits per heavy atom. The molecule has 1 saturated carbocycles. The third kappa shape index (κ3) is 7.05. The summed E-state index contributed by atoms with van der Waals surface area (Å²) in [6.07, 6.45) is -5.95. The minimum atomic E-state index is -5.25. The van der Waals surface area contributed by atoms with Crippen LogP contribution in [0.2, 0.25) is 0 Å². The van der Waals surface area contributed by atoms with Crippen LogP contribution in [0.4, 0.5) is 24.9 Å². The van der Waals surface area contributed by atoms with Crippen LogP contribution in [0.15, 0.2) is 67.0 Å². The molecule has 6 N–H and O–H groups in total. The topological polar surface area (TPSA) is 181 Å². The fourth-order valence-corrected chi connectivity index (χ4v) is 6.27. The summed E-state index contributed by atoms with van der Waals surface area (Å²) in [5, 5.41) is 27.6. The number of esters is 1. The van der Waals surface area contributed by atoms with Gasteiger partial charge >= 0.3 is 12.1 Å². The number of anilines is 2. The number of hydrogen-bond donors (Lipinski definition) is 5. The van der Waals surface area contributed by atoms with Crippen molar-refractivity contribution in [3.8, 4) is 0 Å². The van der Waals surface area contributed by atoms with Gasteiger partial charge in [-0.2, -0.15) is 23.1 Å². The van der Waals surface area contributed by atoms with E-state index in [0.29, 0.717) is 42.6 Å². The molecular formula is C32H35F3N8O5. The SMILES string of the molecule is N[C@@H]1CCN(c2nc(NCC(c3ccccc3)c3ccccc3)c3ncn([C@@H]4C[C@H](NC(=O)COC(=O)C(F)(F)F)[C@@H](O)[C@H]4O)c3n2)C1. The summed E-state index contributed by atoms with van der Waals surface area (Å²) in [5.74, 6) is -2.75. The number of nitrogens with zero attached hydrogens (tertiary/aromatic N) is 5. The fraction of sp³-hybridized carbons (Fsp3) is 0.406. The van der Waals surface area contributed by atoms with Crippen molar-refractivity contribution in [2.45, 2.75) is 55.3 Å². The molecule has 2 aromatic carbocycles. The number of rotatable bonds is 10. The number of ether oxygens (including phenoxy) is 1. The van der Waals surface area contributed by atoms with Gasteiger partial charge in [0.1, 0.15) is 12.2 Å². The lowest BCUT2D eigenvalue weighted by atomic mass is 9.91. The van der Waals surface area contributed by atoms with Crippen molar-refractivity contribution in [1.29, 1.82) is 0 Å². The van der Waals surface area contributed by atoms with Gasteiger partial charge in [-0.1, -0.05) is 60.7 Å². The zero-order valence-electron chi connectivity index (χ0n) is 25.6. The maximum absolute atomic E-state index is 12.5. The van der Waals surface area contributed by atoms with Gasteiger partial charge in [0.2, 0.25) is 5.95 Å². The van der Waals surface area contributed by atoms with Gasteiger partial charge in [0, 0.05) is 31.6 Å². The van der Waals surface area contributed by atoms with Crippen molar-refractivity contribution in [1.82, 2.24) is 24.8 Å². The van der Waals surface area contributed by atoms with Crippen molar-refractivity contribution in [3.05, 3.63) is 78.1 Å². The number of hydrogen-bond acceptors (Lipinski definition) is 11. The maximum atomic E-state index is 12.5. The van der Waals surface area contributed by atoms with Crippen molar-refractivity contribution < 1.29 is 37.7 Å². The summed E-state index contributed by atoms with van der Waals surface area (Å²) in [4.78, 5) is 39.4. The zero-order chi connectivity index (χ0) is 34.0. The first-order valence-corrected chi connectivity index (χ1v) is 15.5. The summed E-state index contributed by atoms with van der Waals surface area (Å²) in [5.41, 5.74) is 9.16. The number of aliphatic hydroxyl groups excluding tert-OH is 2. The first-order valence-electron chi connectivity index (χ1n) is 15.5. The average Bonchev–Trinajstić information content (AvgIpc) is 3.78. The molecular weight excluding hydrogens is 633 g/mol. The number of alkyl halides is 3. The number of aliphatic hydroxyl groups is 2. The Morgan fingerprint density at radius 2 is 1.69 bits per heavy atom. The van der Waals surface area contributed by atoms with Crippen LogP contribution in [0.25, 0.3) is 11.2 Å². The predicted octanol–water partition coefficient (Wildman–Crippen LogP) is 1.86. The van der Waals surface area contributed by atoms with Gasteiger partial charge in [-0.3, -0.25) is 4.79 Å². The fourth-order valence-electron chi connectivity index (χ4n) is 6.27. The second kappa shape index (κ2) is 13.7. The molecule has 4 aromatic rings. The Balaban J connectivity index is 1.27. The number of aromatic nitrogens is 4. The number of halogens is 3. The number of imidazole rings is 1. The van der Waals surface area contributed by atoms with E-state index in [9.17, 15) is 33.0 Å². The van der Waals surface area contributed by atoms with Crippen LogP contribution in [0, 0.1) is 0 Å². The summed E-state index contributed by atoms with van der Waals surface area (Å²) in [7, 11) is 0.